The van der Waals surface area contributed by atoms with Crippen LogP contribution < -0.4 is 118 Å². The normalized spacial score (nSPS) is 16.4. The maximum atomic E-state index is 15.7. The minimum absolute atomic E-state index is 0.00804. The molecular weight excluding hydrogens is 1910 g/mol. The number of carbonyl (C=O) groups excluding carboxylic acids is 22. The number of nitrogens with zero attached hydrogens (tertiary/aromatic N) is 2. The summed E-state index contributed by atoms with van der Waals surface area (Å²) < 4.78 is 10.6. The predicted octanol–water partition coefficient (Wildman–Crippen LogP) is -3.62. The van der Waals surface area contributed by atoms with Gasteiger partial charge in [0.05, 0.1) is 64.3 Å². The molecule has 46 nitrogen and oxygen atoms in total. The highest BCUT2D eigenvalue weighted by molar-refractivity contribution is 8.76. The number of amides is 22. The van der Waals surface area contributed by atoms with Gasteiger partial charge in [-0.3, -0.25) is 127 Å². The zero-order chi connectivity index (χ0) is 105. The van der Waals surface area contributed by atoms with Gasteiger partial charge >= 0.3 is 0 Å². The van der Waals surface area contributed by atoms with E-state index in [0.717, 1.165) is 31.4 Å². The number of halogens is 2. The molecule has 140 heavy (non-hydrogen) atoms. The van der Waals surface area contributed by atoms with Crippen LogP contribution in [0.2, 0.25) is 0 Å². The molecule has 2 fully saturated rings. The van der Waals surface area contributed by atoms with Gasteiger partial charge in [-0.1, -0.05) is 114 Å². The van der Waals surface area contributed by atoms with Gasteiger partial charge in [-0.15, -0.1) is 23.2 Å². The van der Waals surface area contributed by atoms with Gasteiger partial charge < -0.3 is 107 Å². The summed E-state index contributed by atoms with van der Waals surface area (Å²) in [7, 11) is 4.37. The van der Waals surface area contributed by atoms with Gasteiger partial charge in [0.25, 0.3) is 0 Å². The fourth-order valence-corrected chi connectivity index (χ4v) is 17.6. The maximum Gasteiger partial charge on any atom is 0.249 e. The molecule has 2 aliphatic rings. The van der Waals surface area contributed by atoms with Crippen LogP contribution in [0.3, 0.4) is 0 Å². The Morgan fingerprint density at radius 1 is 0.386 bits per heavy atom. The van der Waals surface area contributed by atoms with Gasteiger partial charge in [-0.25, -0.2) is 0 Å². The second kappa shape index (κ2) is 62.2. The zero-order valence-corrected chi connectivity index (χ0v) is 83.7. The number of methoxy groups -OCH3 is 2. The summed E-state index contributed by atoms with van der Waals surface area (Å²) in [6.07, 6.45) is -3.71. The number of alkyl halides is 2. The van der Waals surface area contributed by atoms with Crippen molar-refractivity contribution in [1.82, 2.24) is 84.2 Å². The summed E-state index contributed by atoms with van der Waals surface area (Å²) in [6.45, 7) is 11.9. The topological polar surface area (TPSA) is 725 Å². The van der Waals surface area contributed by atoms with E-state index in [1.54, 1.807) is 104 Å². The number of hydrogen-bond acceptors (Lipinski definition) is 28. The SMILES string of the molecule is CCC(C)C(NC(=O)C(Cc1ccc(OC)cc1)NC(=O)CCCCl)C(=O)NC(CCC(N)=O)C(=O)NC(=O)C(CC(N)=O)NC(CSSCC(NC(CC(N)=O)C(=O)NC(=O)C(CCC(N)=O)NC(=O)C(NC(=O)C(Cc1ccc(OC)cc1)NC(=O)CCCCl)C(C)CC)C(=O)N1CCCC1C(=O)NC(CC(C)C)C(=O)NCC(N)=O)C(=O)N1CCCC1C(=O)NC(CC(C)C)C(=O)NCC(N)=O. The quantitative estimate of drug-likeness (QED) is 0.0173. The summed E-state index contributed by atoms with van der Waals surface area (Å²) in [5.41, 5.74) is 34.6. The molecule has 0 aliphatic carbocycles. The van der Waals surface area contributed by atoms with Gasteiger partial charge in [0.1, 0.15) is 71.9 Å². The third kappa shape index (κ3) is 42.6. The van der Waals surface area contributed by atoms with Crippen LogP contribution in [0.25, 0.3) is 0 Å². The van der Waals surface area contributed by atoms with Crippen molar-refractivity contribution in [2.24, 2.45) is 58.1 Å². The van der Waals surface area contributed by atoms with Crippen molar-refractivity contribution < 1.29 is 115 Å². The van der Waals surface area contributed by atoms with Crippen molar-refractivity contribution >= 4 is 175 Å². The van der Waals surface area contributed by atoms with Crippen molar-refractivity contribution in [1.29, 1.82) is 0 Å². The molecule has 2 aliphatic heterocycles. The van der Waals surface area contributed by atoms with Crippen molar-refractivity contribution in [2.45, 2.75) is 268 Å². The van der Waals surface area contributed by atoms with E-state index in [9.17, 15) is 95.9 Å². The maximum absolute atomic E-state index is 15.7. The van der Waals surface area contributed by atoms with Crippen LogP contribution >= 0.6 is 44.8 Å². The monoisotopic (exact) mass is 2040 g/mol. The summed E-state index contributed by atoms with van der Waals surface area (Å²) in [4.78, 5) is 309. The molecule has 0 radical (unpaired) electrons. The molecule has 0 aromatic heterocycles. The van der Waals surface area contributed by atoms with Crippen molar-refractivity contribution in [3.05, 3.63) is 59.7 Å². The van der Waals surface area contributed by atoms with Crippen LogP contribution in [0.5, 0.6) is 11.5 Å². The minimum Gasteiger partial charge on any atom is -0.497 e. The minimum atomic E-state index is -2.04. The molecule has 0 saturated carbocycles. The Morgan fingerprint density at radius 3 is 1.01 bits per heavy atom. The highest BCUT2D eigenvalue weighted by Crippen LogP contribution is 2.30. The summed E-state index contributed by atoms with van der Waals surface area (Å²) >= 11 is 11.8. The number of benzene rings is 2. The zero-order valence-electron chi connectivity index (χ0n) is 80.5. The molecule has 16 unspecified atom stereocenters. The number of nitrogens with two attached hydrogens (primary N) is 6. The smallest absolute Gasteiger partial charge is 0.249 e. The van der Waals surface area contributed by atoms with E-state index in [2.05, 4.69) is 74.4 Å². The Bertz CT molecular complexity index is 4340. The van der Waals surface area contributed by atoms with Crippen LogP contribution in [0.1, 0.15) is 182 Å². The molecule has 778 valence electrons. The first-order valence-electron chi connectivity index (χ1n) is 46.3. The lowest BCUT2D eigenvalue weighted by molar-refractivity contribution is -0.141. The second-order valence-corrected chi connectivity index (χ2v) is 38.4. The van der Waals surface area contributed by atoms with Gasteiger partial charge in [0, 0.05) is 74.9 Å². The third-order valence-corrected chi connectivity index (χ3v) is 25.9. The lowest BCUT2D eigenvalue weighted by Gasteiger charge is -2.32. The van der Waals surface area contributed by atoms with Crippen molar-refractivity contribution in [3.63, 3.8) is 0 Å². The van der Waals surface area contributed by atoms with Crippen LogP contribution in [-0.4, -0.2) is 288 Å². The van der Waals surface area contributed by atoms with Gasteiger partial charge in [-0.05, 0) is 123 Å². The van der Waals surface area contributed by atoms with Crippen LogP contribution in [0.4, 0.5) is 0 Å². The molecule has 50 heteroatoms. The fraction of sp³-hybridized carbons (Fsp3) is 0.622. The van der Waals surface area contributed by atoms with E-state index in [1.807, 2.05) is 0 Å². The van der Waals surface area contributed by atoms with Crippen LogP contribution in [0, 0.1) is 23.7 Å². The number of carbonyl (C=O) groups is 22. The largest absolute Gasteiger partial charge is 0.497 e. The average molecular weight is 2050 g/mol. The standard InChI is InChI=1S/C90H138Cl2N22O24S2/c1-11-49(7)75(109-81(127)59(103-73(121)19-13-33-91)39-51-21-25-53(137-9)26-22-51)87(133)105-55(29-31-67(93)115)79(125)111-83(129)61(41-69(95)117)101-63(89(135)113-35-15-17-65(113)85(131)107-57(37-47(3)4)77(123)99-43-71(97)119)45-139-140-46-64(90(136)114-36-16-18-66(114)86(132)108-58(38-48(5)6)78(124)100-44-72(98)120)102-62(42-70(96)118)84(130)112-80(126)56(30-32-68(94)116)106-88(134)76(50(8)12-2)110-82(128)60(104-74(122)20-14-34-92)40-52-23-27-54(138-10)28-24-52/h21-28,47-50,55-66,75-76,101-102H,11-20,29-46H2,1-10H3,(H2,93,115)(H2,94,116)(H2,95,117)(H2,96,118)(H2,97,119)(H2,98,120)(H,99,123)(H,100,124)(H,103,121)(H,104,122)(H,105,133)(H,106,134)(H,107,131)(H,108,132)(H,109,127)(H,110,128)(H,111,125,129)(H,112,126,130). The highest BCUT2D eigenvalue weighted by Gasteiger charge is 2.45. The van der Waals surface area contributed by atoms with E-state index in [1.165, 1.54) is 14.2 Å². The second-order valence-electron chi connectivity index (χ2n) is 35.1. The molecule has 0 spiro atoms. The van der Waals surface area contributed by atoms with Crippen molar-refractivity contribution in [3.8, 4) is 11.5 Å². The van der Waals surface area contributed by atoms with E-state index in [-0.39, 0.29) is 127 Å². The number of likely N-dealkylation sites (tertiary alicyclic amines) is 2. The number of hydrogen-bond donors (Lipinski definition) is 20. The van der Waals surface area contributed by atoms with Gasteiger partial charge in [0.2, 0.25) is 130 Å². The molecular formula is C90H138Cl2N22O24S2. The van der Waals surface area contributed by atoms with Crippen molar-refractivity contribution in [2.75, 3.05) is 63.7 Å². The van der Waals surface area contributed by atoms with Crippen LogP contribution in [-0.2, 0) is 118 Å². The Morgan fingerprint density at radius 2 is 0.721 bits per heavy atom. The van der Waals surface area contributed by atoms with Gasteiger partial charge in [-0.2, -0.15) is 0 Å². The van der Waals surface area contributed by atoms with Gasteiger partial charge in [0.15, 0.2) is 0 Å². The molecule has 4 rings (SSSR count). The Balaban J connectivity index is 1.89. The molecule has 26 N–H and O–H groups in total. The number of ether oxygens (including phenoxy) is 2. The number of rotatable bonds is 65. The number of primary amides is 6. The molecule has 16 atom stereocenters. The van der Waals surface area contributed by atoms with E-state index >= 15 is 9.59 Å². The lowest BCUT2D eigenvalue weighted by atomic mass is 9.96. The Kier molecular flexibility index (Phi) is 53.5. The Labute approximate surface area is 830 Å². The van der Waals surface area contributed by atoms with E-state index in [4.69, 9.17) is 67.1 Å². The molecule has 2 aromatic rings. The number of nitrogens with one attached hydrogen (secondary N) is 14. The van der Waals surface area contributed by atoms with E-state index in [0.29, 0.717) is 22.6 Å². The lowest BCUT2D eigenvalue weighted by Crippen LogP contribution is -2.61. The van der Waals surface area contributed by atoms with E-state index < -0.39 is 289 Å². The molecule has 2 saturated heterocycles. The number of imide groups is 2. The predicted molar refractivity (Wildman–Crippen MR) is 518 cm³/mol. The first kappa shape index (κ1) is 120. The fourth-order valence-electron chi connectivity index (χ4n) is 15.0. The molecule has 0 bridgehead atoms. The first-order chi connectivity index (χ1) is 66.2. The van der Waals surface area contributed by atoms with Crippen LogP contribution in [0.15, 0.2) is 48.5 Å². The highest BCUT2D eigenvalue weighted by atomic mass is 35.5. The Hall–Kier alpha value is -12.0. The summed E-state index contributed by atoms with van der Waals surface area (Å²) in [6, 6.07) is -9.29. The third-order valence-electron chi connectivity index (χ3n) is 22.9. The molecule has 22 amide bonds. The summed E-state index contributed by atoms with van der Waals surface area (Å²) in [5, 5.41) is 35.5. The first-order valence-corrected chi connectivity index (χ1v) is 49.8. The molecule has 2 aromatic carbocycles. The summed E-state index contributed by atoms with van der Waals surface area (Å²) in [5.74, 6) is -23.9. The molecule has 2 heterocycles. The average Bonchev–Trinajstić information content (AvgIpc) is 1.68.